The Morgan fingerprint density at radius 2 is 1.82 bits per heavy atom. The summed E-state index contributed by atoms with van der Waals surface area (Å²) in [6.45, 7) is 2.43. The second-order valence-electron chi connectivity index (χ2n) is 5.49. The van der Waals surface area contributed by atoms with E-state index in [1.165, 1.54) is 50.9 Å². The van der Waals surface area contributed by atoms with Crippen LogP contribution in [0.15, 0.2) is 22.7 Å². The molecule has 1 aliphatic heterocycles. The Morgan fingerprint density at radius 1 is 1.12 bits per heavy atom. The van der Waals surface area contributed by atoms with Gasteiger partial charge >= 0.3 is 0 Å². The summed E-state index contributed by atoms with van der Waals surface area (Å²) in [5.41, 5.74) is 1.88. The molecule has 0 atom stereocenters. The van der Waals surface area contributed by atoms with Gasteiger partial charge in [-0.15, -0.1) is 0 Å². The van der Waals surface area contributed by atoms with Crippen molar-refractivity contribution in [3.05, 3.63) is 27.7 Å². The number of anilines is 1. The zero-order chi connectivity index (χ0) is 11.9. The smallest absolute Gasteiger partial charge is 0.0595 e. The first-order valence-electron chi connectivity index (χ1n) is 6.39. The van der Waals surface area contributed by atoms with Crippen LogP contribution in [-0.2, 0) is 0 Å². The van der Waals surface area contributed by atoms with E-state index in [1.807, 2.05) is 12.1 Å². The molecule has 1 saturated carbocycles. The Balaban J connectivity index is 1.74. The van der Waals surface area contributed by atoms with Crippen molar-refractivity contribution >= 4 is 33.2 Å². The van der Waals surface area contributed by atoms with Gasteiger partial charge in [0.25, 0.3) is 0 Å². The molecule has 3 heteroatoms. The van der Waals surface area contributed by atoms with E-state index in [0.29, 0.717) is 5.41 Å². The second kappa shape index (κ2) is 4.47. The van der Waals surface area contributed by atoms with Crippen LogP contribution in [0.1, 0.15) is 32.1 Å². The molecule has 0 radical (unpaired) electrons. The van der Waals surface area contributed by atoms with E-state index in [-0.39, 0.29) is 0 Å². The molecule has 3 rings (SSSR count). The predicted octanol–water partition coefficient (Wildman–Crippen LogP) is 4.87. The molecule has 17 heavy (non-hydrogen) atoms. The van der Waals surface area contributed by atoms with Crippen molar-refractivity contribution in [1.29, 1.82) is 0 Å². The van der Waals surface area contributed by atoms with Gasteiger partial charge in [0.2, 0.25) is 0 Å². The van der Waals surface area contributed by atoms with Crippen LogP contribution < -0.4 is 4.90 Å². The summed E-state index contributed by atoms with van der Waals surface area (Å²) < 4.78 is 1.05. The van der Waals surface area contributed by atoms with Crippen molar-refractivity contribution in [1.82, 2.24) is 0 Å². The van der Waals surface area contributed by atoms with E-state index in [0.717, 1.165) is 9.50 Å². The van der Waals surface area contributed by atoms with Gasteiger partial charge < -0.3 is 4.90 Å². The summed E-state index contributed by atoms with van der Waals surface area (Å²) in [6, 6.07) is 6.13. The molecule has 0 N–H and O–H groups in total. The molecular formula is C14H17BrClN. The van der Waals surface area contributed by atoms with Crippen molar-refractivity contribution in [3.8, 4) is 0 Å². The standard InChI is InChI=1S/C14H17BrClN/c15-13-11(16)5-4-6-12(13)17-9-14(10-17)7-2-1-3-8-14/h4-6H,1-3,7-10H2. The maximum atomic E-state index is 6.14. The van der Waals surface area contributed by atoms with Gasteiger partial charge in [-0.05, 0) is 40.9 Å². The van der Waals surface area contributed by atoms with Crippen LogP contribution in [0.3, 0.4) is 0 Å². The fourth-order valence-electron chi connectivity index (χ4n) is 3.29. The highest BCUT2D eigenvalue weighted by Gasteiger charge is 2.43. The molecule has 1 aromatic rings. The Kier molecular flexibility index (Phi) is 3.12. The lowest BCUT2D eigenvalue weighted by Crippen LogP contribution is -2.57. The zero-order valence-corrected chi connectivity index (χ0v) is 12.2. The summed E-state index contributed by atoms with van der Waals surface area (Å²) >= 11 is 9.74. The molecule has 1 saturated heterocycles. The number of hydrogen-bond donors (Lipinski definition) is 0. The summed E-state index contributed by atoms with van der Waals surface area (Å²) in [6.07, 6.45) is 7.11. The molecule has 0 bridgehead atoms. The van der Waals surface area contributed by atoms with Gasteiger partial charge in [0.1, 0.15) is 0 Å². The zero-order valence-electron chi connectivity index (χ0n) is 9.88. The van der Waals surface area contributed by atoms with Crippen molar-refractivity contribution < 1.29 is 0 Å². The maximum absolute atomic E-state index is 6.14. The molecule has 1 heterocycles. The van der Waals surface area contributed by atoms with Crippen LogP contribution in [0.25, 0.3) is 0 Å². The van der Waals surface area contributed by atoms with Crippen LogP contribution >= 0.6 is 27.5 Å². The summed E-state index contributed by atoms with van der Waals surface area (Å²) in [4.78, 5) is 2.46. The minimum Gasteiger partial charge on any atom is -0.369 e. The second-order valence-corrected chi connectivity index (χ2v) is 6.69. The normalized spacial score (nSPS) is 22.6. The molecule has 1 nitrogen and oxygen atoms in total. The molecule has 2 aliphatic rings. The fraction of sp³-hybridized carbons (Fsp3) is 0.571. The van der Waals surface area contributed by atoms with Gasteiger partial charge in [-0.3, -0.25) is 0 Å². The summed E-state index contributed by atoms with van der Waals surface area (Å²) in [5.74, 6) is 0. The number of benzene rings is 1. The number of nitrogens with zero attached hydrogens (tertiary/aromatic N) is 1. The van der Waals surface area contributed by atoms with Gasteiger partial charge in [-0.2, -0.15) is 0 Å². The van der Waals surface area contributed by atoms with E-state index < -0.39 is 0 Å². The minimum atomic E-state index is 0.625. The molecule has 0 amide bonds. The molecule has 1 spiro atoms. The number of rotatable bonds is 1. The first kappa shape index (κ1) is 11.9. The number of hydrogen-bond acceptors (Lipinski definition) is 1. The van der Waals surface area contributed by atoms with Crippen LogP contribution in [0.4, 0.5) is 5.69 Å². The Bertz CT molecular complexity index is 418. The van der Waals surface area contributed by atoms with Gasteiger partial charge in [0.15, 0.2) is 0 Å². The quantitative estimate of drug-likeness (QED) is 0.714. The Labute approximate surface area is 116 Å². The van der Waals surface area contributed by atoms with Crippen molar-refractivity contribution in [2.75, 3.05) is 18.0 Å². The van der Waals surface area contributed by atoms with Crippen molar-refractivity contribution in [3.63, 3.8) is 0 Å². The molecule has 1 aromatic carbocycles. The molecule has 92 valence electrons. The lowest BCUT2D eigenvalue weighted by atomic mass is 9.68. The van der Waals surface area contributed by atoms with E-state index in [2.05, 4.69) is 26.9 Å². The predicted molar refractivity (Wildman–Crippen MR) is 76.9 cm³/mol. The number of halogens is 2. The lowest BCUT2D eigenvalue weighted by molar-refractivity contribution is 0.139. The van der Waals surface area contributed by atoms with Crippen LogP contribution in [0.2, 0.25) is 5.02 Å². The van der Waals surface area contributed by atoms with Crippen molar-refractivity contribution in [2.24, 2.45) is 5.41 Å². The van der Waals surface area contributed by atoms with Crippen LogP contribution in [-0.4, -0.2) is 13.1 Å². The summed E-state index contributed by atoms with van der Waals surface area (Å²) in [7, 11) is 0. The Morgan fingerprint density at radius 3 is 2.53 bits per heavy atom. The SMILES string of the molecule is Clc1cccc(N2CC3(CCCCC3)C2)c1Br. The van der Waals surface area contributed by atoms with Crippen molar-refractivity contribution in [2.45, 2.75) is 32.1 Å². The van der Waals surface area contributed by atoms with Crippen LogP contribution in [0.5, 0.6) is 0 Å². The van der Waals surface area contributed by atoms with Gasteiger partial charge in [0, 0.05) is 18.5 Å². The van der Waals surface area contributed by atoms with Gasteiger partial charge in [0.05, 0.1) is 15.2 Å². The summed E-state index contributed by atoms with van der Waals surface area (Å²) in [5, 5.41) is 0.812. The lowest BCUT2D eigenvalue weighted by Gasteiger charge is -2.54. The third-order valence-corrected chi connectivity index (χ3v) is 5.62. The maximum Gasteiger partial charge on any atom is 0.0595 e. The average Bonchev–Trinajstić information content (AvgIpc) is 2.31. The minimum absolute atomic E-state index is 0.625. The highest BCUT2D eigenvalue weighted by Crippen LogP contribution is 2.47. The largest absolute Gasteiger partial charge is 0.369 e. The van der Waals surface area contributed by atoms with Crippen LogP contribution in [0, 0.1) is 5.41 Å². The topological polar surface area (TPSA) is 3.24 Å². The van der Waals surface area contributed by atoms with Gasteiger partial charge in [-0.1, -0.05) is 36.9 Å². The molecule has 0 aromatic heterocycles. The van der Waals surface area contributed by atoms with E-state index in [4.69, 9.17) is 11.6 Å². The first-order chi connectivity index (χ1) is 8.20. The van der Waals surface area contributed by atoms with E-state index in [9.17, 15) is 0 Å². The molecule has 0 unspecified atom stereocenters. The third kappa shape index (κ3) is 2.10. The highest BCUT2D eigenvalue weighted by molar-refractivity contribution is 9.10. The molecular weight excluding hydrogens is 298 g/mol. The third-order valence-electron chi connectivity index (χ3n) is 4.24. The molecule has 1 aliphatic carbocycles. The molecule has 2 fully saturated rings. The Hall–Kier alpha value is -0.210. The van der Waals surface area contributed by atoms with E-state index >= 15 is 0 Å². The van der Waals surface area contributed by atoms with Gasteiger partial charge in [-0.25, -0.2) is 0 Å². The first-order valence-corrected chi connectivity index (χ1v) is 7.56. The highest BCUT2D eigenvalue weighted by atomic mass is 79.9. The monoisotopic (exact) mass is 313 g/mol. The van der Waals surface area contributed by atoms with E-state index in [1.54, 1.807) is 0 Å². The fourth-order valence-corrected chi connectivity index (χ4v) is 3.97. The average molecular weight is 315 g/mol.